The molecule has 0 unspecified atom stereocenters. The Morgan fingerprint density at radius 2 is 2.12 bits per heavy atom. The summed E-state index contributed by atoms with van der Waals surface area (Å²) in [5, 5.41) is 3.25. The van der Waals surface area contributed by atoms with Crippen molar-refractivity contribution in [3.05, 3.63) is 18.1 Å². The molecule has 0 aromatic carbocycles. The van der Waals surface area contributed by atoms with Gasteiger partial charge >= 0.3 is 0 Å². The Morgan fingerprint density at radius 1 is 1.31 bits per heavy atom. The van der Waals surface area contributed by atoms with Gasteiger partial charge in [0.1, 0.15) is 5.82 Å². The molecule has 4 heteroatoms. The Bertz CT molecular complexity index is 301. The maximum atomic E-state index is 4.56. The standard InChI is InChI=1S/C12H22N4/c1-4-6-7-16(3)12-10-14-9-11(15-12)8-13-5-2/h9-10,13H,4-8H2,1-3H3. The molecule has 0 spiro atoms. The van der Waals surface area contributed by atoms with E-state index in [1.165, 1.54) is 12.8 Å². The lowest BCUT2D eigenvalue weighted by molar-refractivity contribution is 0.701. The highest BCUT2D eigenvalue weighted by atomic mass is 15.2. The fraction of sp³-hybridized carbons (Fsp3) is 0.667. The third kappa shape index (κ3) is 4.14. The zero-order valence-corrected chi connectivity index (χ0v) is 10.5. The summed E-state index contributed by atoms with van der Waals surface area (Å²) in [6.45, 7) is 7.07. The predicted molar refractivity (Wildman–Crippen MR) is 67.6 cm³/mol. The number of hydrogen-bond donors (Lipinski definition) is 1. The van der Waals surface area contributed by atoms with Gasteiger partial charge in [0.05, 0.1) is 11.9 Å². The minimum absolute atomic E-state index is 0.791. The van der Waals surface area contributed by atoms with Crippen LogP contribution < -0.4 is 10.2 Å². The van der Waals surface area contributed by atoms with Crippen molar-refractivity contribution < 1.29 is 0 Å². The van der Waals surface area contributed by atoms with Gasteiger partial charge < -0.3 is 10.2 Å². The van der Waals surface area contributed by atoms with Crippen molar-refractivity contribution >= 4 is 5.82 Å². The molecule has 0 radical (unpaired) electrons. The van der Waals surface area contributed by atoms with Crippen LogP contribution in [0.4, 0.5) is 5.82 Å². The lowest BCUT2D eigenvalue weighted by Crippen LogP contribution is -2.21. The van der Waals surface area contributed by atoms with Gasteiger partial charge in [-0.2, -0.15) is 0 Å². The van der Waals surface area contributed by atoms with Gasteiger partial charge in [-0.15, -0.1) is 0 Å². The molecule has 1 N–H and O–H groups in total. The van der Waals surface area contributed by atoms with Crippen molar-refractivity contribution in [2.24, 2.45) is 0 Å². The van der Waals surface area contributed by atoms with Gasteiger partial charge in [-0.05, 0) is 13.0 Å². The first kappa shape index (κ1) is 12.9. The molecule has 4 nitrogen and oxygen atoms in total. The van der Waals surface area contributed by atoms with Crippen LogP contribution in [0.3, 0.4) is 0 Å². The van der Waals surface area contributed by atoms with Crippen LogP contribution in [0.5, 0.6) is 0 Å². The SMILES string of the molecule is CCCCN(C)c1cncc(CNCC)n1. The second-order valence-electron chi connectivity index (χ2n) is 3.92. The van der Waals surface area contributed by atoms with Crippen molar-refractivity contribution in [3.63, 3.8) is 0 Å². The monoisotopic (exact) mass is 222 g/mol. The fourth-order valence-electron chi connectivity index (χ4n) is 1.43. The highest BCUT2D eigenvalue weighted by molar-refractivity contribution is 5.34. The van der Waals surface area contributed by atoms with Crippen molar-refractivity contribution in [1.29, 1.82) is 0 Å². The average Bonchev–Trinajstić information content (AvgIpc) is 2.33. The van der Waals surface area contributed by atoms with Crippen molar-refractivity contribution in [2.45, 2.75) is 33.2 Å². The molecule has 16 heavy (non-hydrogen) atoms. The summed E-state index contributed by atoms with van der Waals surface area (Å²) < 4.78 is 0. The third-order valence-corrected chi connectivity index (χ3v) is 2.47. The largest absolute Gasteiger partial charge is 0.358 e. The van der Waals surface area contributed by atoms with Crippen LogP contribution in [0, 0.1) is 0 Å². The van der Waals surface area contributed by atoms with Crippen LogP contribution in [0.25, 0.3) is 0 Å². The first-order chi connectivity index (χ1) is 7.77. The molecule has 0 fully saturated rings. The summed E-state index contributed by atoms with van der Waals surface area (Å²) in [6, 6.07) is 0. The van der Waals surface area contributed by atoms with Gasteiger partial charge in [0.25, 0.3) is 0 Å². The van der Waals surface area contributed by atoms with E-state index in [1.807, 2.05) is 12.4 Å². The summed E-state index contributed by atoms with van der Waals surface area (Å²) in [6.07, 6.45) is 6.04. The molecule has 0 bridgehead atoms. The van der Waals surface area contributed by atoms with E-state index in [-0.39, 0.29) is 0 Å². The first-order valence-corrected chi connectivity index (χ1v) is 6.00. The fourth-order valence-corrected chi connectivity index (χ4v) is 1.43. The highest BCUT2D eigenvalue weighted by Gasteiger charge is 2.03. The molecule has 90 valence electrons. The molecule has 0 aliphatic rings. The number of aromatic nitrogens is 2. The number of unbranched alkanes of at least 4 members (excludes halogenated alkanes) is 1. The van der Waals surface area contributed by atoms with Gasteiger partial charge in [0.15, 0.2) is 0 Å². The van der Waals surface area contributed by atoms with Gasteiger partial charge in [0, 0.05) is 26.3 Å². The van der Waals surface area contributed by atoms with E-state index in [0.29, 0.717) is 0 Å². The molecular formula is C12H22N4. The molecule has 0 saturated carbocycles. The minimum Gasteiger partial charge on any atom is -0.358 e. The van der Waals surface area contributed by atoms with Gasteiger partial charge in [0.2, 0.25) is 0 Å². The maximum Gasteiger partial charge on any atom is 0.147 e. The Kier molecular flexibility index (Phi) is 5.78. The van der Waals surface area contributed by atoms with E-state index in [0.717, 1.165) is 31.1 Å². The molecule has 1 rings (SSSR count). The number of nitrogens with zero attached hydrogens (tertiary/aromatic N) is 3. The summed E-state index contributed by atoms with van der Waals surface area (Å²) >= 11 is 0. The molecule has 0 amide bonds. The third-order valence-electron chi connectivity index (χ3n) is 2.47. The van der Waals surface area contributed by atoms with E-state index in [2.05, 4.69) is 41.1 Å². The average molecular weight is 222 g/mol. The Labute approximate surface area is 98.1 Å². The quantitative estimate of drug-likeness (QED) is 0.764. The maximum absolute atomic E-state index is 4.56. The van der Waals surface area contributed by atoms with Crippen molar-refractivity contribution in [2.75, 3.05) is 25.0 Å². The van der Waals surface area contributed by atoms with Crippen molar-refractivity contribution in [3.8, 4) is 0 Å². The predicted octanol–water partition coefficient (Wildman–Crippen LogP) is 1.82. The Hall–Kier alpha value is -1.16. The van der Waals surface area contributed by atoms with Crippen LogP contribution in [0.1, 0.15) is 32.4 Å². The lowest BCUT2D eigenvalue weighted by atomic mass is 10.3. The van der Waals surface area contributed by atoms with Gasteiger partial charge in [-0.1, -0.05) is 20.3 Å². The molecule has 0 saturated heterocycles. The zero-order valence-electron chi connectivity index (χ0n) is 10.5. The Morgan fingerprint density at radius 3 is 2.81 bits per heavy atom. The van der Waals surface area contributed by atoms with E-state index in [9.17, 15) is 0 Å². The summed E-state index contributed by atoms with van der Waals surface area (Å²) in [7, 11) is 2.07. The second kappa shape index (κ2) is 7.17. The zero-order chi connectivity index (χ0) is 11.8. The molecule has 0 atom stereocenters. The molecule has 1 aromatic heterocycles. The van der Waals surface area contributed by atoms with E-state index in [1.54, 1.807) is 0 Å². The molecule has 0 aliphatic carbocycles. The number of anilines is 1. The molecule has 1 heterocycles. The minimum atomic E-state index is 0.791. The van der Waals surface area contributed by atoms with Crippen molar-refractivity contribution in [1.82, 2.24) is 15.3 Å². The smallest absolute Gasteiger partial charge is 0.147 e. The molecule has 1 aromatic rings. The van der Waals surface area contributed by atoms with E-state index < -0.39 is 0 Å². The van der Waals surface area contributed by atoms with Crippen LogP contribution in [-0.4, -0.2) is 30.1 Å². The van der Waals surface area contributed by atoms with Crippen LogP contribution in [0.15, 0.2) is 12.4 Å². The normalized spacial score (nSPS) is 10.4. The number of rotatable bonds is 7. The molecule has 0 aliphatic heterocycles. The lowest BCUT2D eigenvalue weighted by Gasteiger charge is -2.17. The summed E-state index contributed by atoms with van der Waals surface area (Å²) in [5.74, 6) is 0.962. The van der Waals surface area contributed by atoms with Crippen LogP contribution >= 0.6 is 0 Å². The van der Waals surface area contributed by atoms with Gasteiger partial charge in [-0.3, -0.25) is 4.98 Å². The van der Waals surface area contributed by atoms with Gasteiger partial charge in [-0.25, -0.2) is 4.98 Å². The van der Waals surface area contributed by atoms with E-state index in [4.69, 9.17) is 0 Å². The Balaban J connectivity index is 2.58. The summed E-state index contributed by atoms with van der Waals surface area (Å²) in [4.78, 5) is 10.9. The van der Waals surface area contributed by atoms with E-state index >= 15 is 0 Å². The van der Waals surface area contributed by atoms with Crippen LogP contribution in [-0.2, 0) is 6.54 Å². The number of hydrogen-bond acceptors (Lipinski definition) is 4. The van der Waals surface area contributed by atoms with Crippen LogP contribution in [0.2, 0.25) is 0 Å². The second-order valence-corrected chi connectivity index (χ2v) is 3.92. The molecular weight excluding hydrogens is 200 g/mol. The highest BCUT2D eigenvalue weighted by Crippen LogP contribution is 2.08. The first-order valence-electron chi connectivity index (χ1n) is 6.00. The topological polar surface area (TPSA) is 41.1 Å². The summed E-state index contributed by atoms with van der Waals surface area (Å²) in [5.41, 5.74) is 1.00. The number of nitrogens with one attached hydrogen (secondary N) is 1.